The highest BCUT2D eigenvalue weighted by molar-refractivity contribution is 4.77. The van der Waals surface area contributed by atoms with Crippen molar-refractivity contribution in [2.24, 2.45) is 5.92 Å². The molecule has 0 aliphatic rings. The third-order valence-electron chi connectivity index (χ3n) is 2.93. The number of hydrogen-bond donors (Lipinski definition) is 0. The predicted octanol–water partition coefficient (Wildman–Crippen LogP) is 6.06. The van der Waals surface area contributed by atoms with Crippen LogP contribution < -0.4 is 0 Å². The molecule has 0 saturated heterocycles. The molecular formula is C15H30F. The fourth-order valence-electron chi connectivity index (χ4n) is 2.00. The monoisotopic (exact) mass is 229 g/mol. The summed E-state index contributed by atoms with van der Waals surface area (Å²) in [6.45, 7) is 6.40. The van der Waals surface area contributed by atoms with E-state index in [1.165, 1.54) is 44.9 Å². The molecule has 0 saturated carbocycles. The van der Waals surface area contributed by atoms with Crippen molar-refractivity contribution in [2.45, 2.75) is 85.0 Å². The largest absolute Gasteiger partial charge is 0.240 e. The van der Waals surface area contributed by atoms with Crippen molar-refractivity contribution in [1.29, 1.82) is 0 Å². The summed E-state index contributed by atoms with van der Waals surface area (Å²) in [6.07, 6.45) is 11.9. The van der Waals surface area contributed by atoms with E-state index in [4.69, 9.17) is 0 Å². The Kier molecular flexibility index (Phi) is 11.4. The van der Waals surface area contributed by atoms with Crippen LogP contribution in [0.4, 0.5) is 4.39 Å². The summed E-state index contributed by atoms with van der Waals surface area (Å²) < 4.78 is 13.2. The van der Waals surface area contributed by atoms with Crippen LogP contribution in [-0.4, -0.2) is 0 Å². The van der Waals surface area contributed by atoms with E-state index in [0.717, 1.165) is 6.42 Å². The minimum atomic E-state index is 0.209. The number of halogens is 1. The summed E-state index contributed by atoms with van der Waals surface area (Å²) in [7, 11) is 0. The Hall–Kier alpha value is -0.0700. The van der Waals surface area contributed by atoms with Crippen LogP contribution in [0.15, 0.2) is 0 Å². The SMILES string of the molecule is CCCCCCCCCC[C](F)CC(C)C. The molecule has 0 aromatic heterocycles. The molecule has 0 aromatic rings. The maximum atomic E-state index is 13.2. The standard InChI is InChI=1S/C15H30F/c1-4-5-6-7-8-9-10-11-12-15(16)13-14(2)3/h14H,4-13H2,1-3H3. The molecule has 0 rings (SSSR count). The van der Waals surface area contributed by atoms with Gasteiger partial charge in [0.05, 0.1) is 0 Å². The lowest BCUT2D eigenvalue weighted by Crippen LogP contribution is -1.96. The van der Waals surface area contributed by atoms with Crippen molar-refractivity contribution in [3.05, 3.63) is 6.17 Å². The first-order valence-corrected chi connectivity index (χ1v) is 7.17. The van der Waals surface area contributed by atoms with E-state index < -0.39 is 0 Å². The normalized spacial score (nSPS) is 11.6. The van der Waals surface area contributed by atoms with Crippen molar-refractivity contribution in [3.8, 4) is 0 Å². The van der Waals surface area contributed by atoms with Gasteiger partial charge in [-0.25, -0.2) is 4.39 Å². The first-order chi connectivity index (χ1) is 7.66. The molecule has 0 spiro atoms. The van der Waals surface area contributed by atoms with Gasteiger partial charge >= 0.3 is 0 Å². The Bertz CT molecular complexity index is 131. The van der Waals surface area contributed by atoms with E-state index in [2.05, 4.69) is 20.8 Å². The Morgan fingerprint density at radius 1 is 0.875 bits per heavy atom. The molecule has 1 radical (unpaired) electrons. The first-order valence-electron chi connectivity index (χ1n) is 7.17. The van der Waals surface area contributed by atoms with E-state index in [1.54, 1.807) is 0 Å². The van der Waals surface area contributed by atoms with Gasteiger partial charge in [-0.1, -0.05) is 72.1 Å². The Morgan fingerprint density at radius 2 is 1.38 bits per heavy atom. The fraction of sp³-hybridized carbons (Fsp3) is 0.933. The highest BCUT2D eigenvalue weighted by Crippen LogP contribution is 2.22. The van der Waals surface area contributed by atoms with Gasteiger partial charge in [-0.3, -0.25) is 0 Å². The molecule has 0 fully saturated rings. The summed E-state index contributed by atoms with van der Waals surface area (Å²) in [4.78, 5) is 0. The molecule has 0 aliphatic heterocycles. The second kappa shape index (κ2) is 11.4. The molecule has 97 valence electrons. The van der Waals surface area contributed by atoms with E-state index in [0.29, 0.717) is 18.8 Å². The predicted molar refractivity (Wildman–Crippen MR) is 71.0 cm³/mol. The van der Waals surface area contributed by atoms with Gasteiger partial charge in [-0.2, -0.15) is 0 Å². The van der Waals surface area contributed by atoms with Gasteiger partial charge in [0.15, 0.2) is 0 Å². The molecule has 0 aromatic carbocycles. The van der Waals surface area contributed by atoms with Gasteiger partial charge in [-0.05, 0) is 18.8 Å². The molecule has 0 aliphatic carbocycles. The Labute approximate surface area is 102 Å². The first kappa shape index (κ1) is 15.9. The number of rotatable bonds is 11. The molecule has 0 atom stereocenters. The van der Waals surface area contributed by atoms with Crippen LogP contribution >= 0.6 is 0 Å². The van der Waals surface area contributed by atoms with Crippen molar-refractivity contribution in [1.82, 2.24) is 0 Å². The van der Waals surface area contributed by atoms with Crippen LogP contribution in [0, 0.1) is 12.1 Å². The second-order valence-corrected chi connectivity index (χ2v) is 5.34. The molecule has 0 heterocycles. The van der Waals surface area contributed by atoms with Gasteiger partial charge in [-0.15, -0.1) is 0 Å². The van der Waals surface area contributed by atoms with Crippen molar-refractivity contribution in [2.75, 3.05) is 0 Å². The summed E-state index contributed by atoms with van der Waals surface area (Å²) in [5, 5.41) is 0. The van der Waals surface area contributed by atoms with Gasteiger partial charge in [0.1, 0.15) is 6.17 Å². The van der Waals surface area contributed by atoms with E-state index in [1.807, 2.05) is 0 Å². The van der Waals surface area contributed by atoms with E-state index in [9.17, 15) is 4.39 Å². The number of unbranched alkanes of at least 4 members (excludes halogenated alkanes) is 7. The minimum absolute atomic E-state index is 0.209. The van der Waals surface area contributed by atoms with Gasteiger partial charge < -0.3 is 0 Å². The third-order valence-corrected chi connectivity index (χ3v) is 2.93. The van der Waals surface area contributed by atoms with Crippen LogP contribution in [0.2, 0.25) is 0 Å². The Balaban J connectivity index is 3.08. The summed E-state index contributed by atoms with van der Waals surface area (Å²) in [5.41, 5.74) is 0. The van der Waals surface area contributed by atoms with Gasteiger partial charge in [0.25, 0.3) is 0 Å². The maximum Gasteiger partial charge on any atom is 0.145 e. The van der Waals surface area contributed by atoms with Crippen LogP contribution in [0.5, 0.6) is 0 Å². The van der Waals surface area contributed by atoms with Crippen LogP contribution in [0.3, 0.4) is 0 Å². The van der Waals surface area contributed by atoms with Gasteiger partial charge in [0, 0.05) is 0 Å². The van der Waals surface area contributed by atoms with Crippen molar-refractivity contribution >= 4 is 0 Å². The molecule has 0 nitrogen and oxygen atoms in total. The van der Waals surface area contributed by atoms with E-state index in [-0.39, 0.29) is 6.17 Å². The molecule has 1 heteroatoms. The highest BCUT2D eigenvalue weighted by Gasteiger charge is 2.09. The molecule has 0 unspecified atom stereocenters. The topological polar surface area (TPSA) is 0 Å². The zero-order valence-corrected chi connectivity index (χ0v) is 11.5. The molecular weight excluding hydrogens is 199 g/mol. The molecule has 0 amide bonds. The minimum Gasteiger partial charge on any atom is -0.240 e. The maximum absolute atomic E-state index is 13.2. The quantitative estimate of drug-likeness (QED) is 0.377. The number of hydrogen-bond acceptors (Lipinski definition) is 0. The third kappa shape index (κ3) is 12.0. The average Bonchev–Trinajstić information content (AvgIpc) is 2.21. The zero-order valence-electron chi connectivity index (χ0n) is 11.5. The van der Waals surface area contributed by atoms with Crippen LogP contribution in [0.1, 0.15) is 85.0 Å². The Morgan fingerprint density at radius 3 is 1.88 bits per heavy atom. The smallest absolute Gasteiger partial charge is 0.145 e. The van der Waals surface area contributed by atoms with Crippen molar-refractivity contribution in [3.63, 3.8) is 0 Å². The lowest BCUT2D eigenvalue weighted by molar-refractivity contribution is 0.375. The van der Waals surface area contributed by atoms with E-state index >= 15 is 0 Å². The lowest BCUT2D eigenvalue weighted by atomic mass is 10.0. The fourth-order valence-corrected chi connectivity index (χ4v) is 2.00. The van der Waals surface area contributed by atoms with Crippen LogP contribution in [-0.2, 0) is 0 Å². The van der Waals surface area contributed by atoms with Crippen LogP contribution in [0.25, 0.3) is 0 Å². The second-order valence-electron chi connectivity index (χ2n) is 5.34. The summed E-state index contributed by atoms with van der Waals surface area (Å²) >= 11 is 0. The molecule has 0 N–H and O–H groups in total. The molecule has 0 bridgehead atoms. The highest BCUT2D eigenvalue weighted by atomic mass is 19.1. The average molecular weight is 229 g/mol. The lowest BCUT2D eigenvalue weighted by Gasteiger charge is -2.09. The zero-order chi connectivity index (χ0) is 12.2. The molecule has 16 heavy (non-hydrogen) atoms. The van der Waals surface area contributed by atoms with Gasteiger partial charge in [0.2, 0.25) is 0 Å². The van der Waals surface area contributed by atoms with Crippen molar-refractivity contribution < 1.29 is 4.39 Å². The summed E-state index contributed by atoms with van der Waals surface area (Å²) in [6, 6.07) is 0. The summed E-state index contributed by atoms with van der Waals surface area (Å²) in [5.74, 6) is 0.467.